The maximum atomic E-state index is 13.1. The van der Waals surface area contributed by atoms with Crippen LogP contribution in [0.15, 0.2) is 61.2 Å². The van der Waals surface area contributed by atoms with Crippen molar-refractivity contribution in [3.63, 3.8) is 0 Å². The lowest BCUT2D eigenvalue weighted by atomic mass is 10.1. The molecule has 1 aliphatic rings. The van der Waals surface area contributed by atoms with Crippen molar-refractivity contribution in [2.45, 2.75) is 44.9 Å². The van der Waals surface area contributed by atoms with Crippen LogP contribution < -0.4 is 10.6 Å². The number of aryl methyl sites for hydroxylation is 1. The fraction of sp³-hybridized carbons (Fsp3) is 0.296. The van der Waals surface area contributed by atoms with Gasteiger partial charge < -0.3 is 25.6 Å². The van der Waals surface area contributed by atoms with Gasteiger partial charge in [-0.3, -0.25) is 14.2 Å². The number of nitrogens with zero attached hydrogens (tertiary/aromatic N) is 4. The molecular formula is C27H28N6O5. The van der Waals surface area contributed by atoms with Crippen LogP contribution in [0.4, 0.5) is 5.82 Å². The molecule has 0 saturated carbocycles. The second-order valence-electron chi connectivity index (χ2n) is 9.26. The average molecular weight is 517 g/mol. The highest BCUT2D eigenvalue weighted by molar-refractivity contribution is 5.99. The Labute approximate surface area is 218 Å². The smallest absolute Gasteiger partial charge is 0.251 e. The summed E-state index contributed by atoms with van der Waals surface area (Å²) < 4.78 is 7.54. The lowest BCUT2D eigenvalue weighted by molar-refractivity contribution is -0.0440. The minimum absolute atomic E-state index is 0.168. The Bertz CT molecular complexity index is 1490. The number of aliphatic hydroxyl groups is 2. The number of ketones is 1. The number of ether oxygens (including phenoxy) is 1. The van der Waals surface area contributed by atoms with Crippen molar-refractivity contribution >= 4 is 28.7 Å². The zero-order valence-electron chi connectivity index (χ0n) is 20.9. The first-order chi connectivity index (χ1) is 18.4. The molecule has 0 bridgehead atoms. The maximum absolute atomic E-state index is 13.1. The van der Waals surface area contributed by atoms with E-state index in [1.165, 1.54) is 25.6 Å². The largest absolute Gasteiger partial charge is 0.394 e. The predicted octanol–water partition coefficient (Wildman–Crippen LogP) is 2.00. The fourth-order valence-electron chi connectivity index (χ4n) is 4.58. The number of benzene rings is 2. The molecule has 1 fully saturated rings. The number of rotatable bonds is 8. The fourth-order valence-corrected chi connectivity index (χ4v) is 4.58. The monoisotopic (exact) mass is 516 g/mol. The van der Waals surface area contributed by atoms with E-state index in [0.29, 0.717) is 29.1 Å². The lowest BCUT2D eigenvalue weighted by Crippen LogP contribution is -2.46. The molecule has 1 amide bonds. The number of hydrogen-bond acceptors (Lipinski definition) is 9. The summed E-state index contributed by atoms with van der Waals surface area (Å²) >= 11 is 0. The number of aliphatic hydroxyl groups excluding tert-OH is 2. The zero-order chi connectivity index (χ0) is 26.8. The Morgan fingerprint density at radius 1 is 1.08 bits per heavy atom. The number of imidazole rings is 1. The average Bonchev–Trinajstić information content (AvgIpc) is 3.48. The molecule has 0 unspecified atom stereocenters. The predicted molar refractivity (Wildman–Crippen MR) is 139 cm³/mol. The second-order valence-corrected chi connectivity index (χ2v) is 9.26. The van der Waals surface area contributed by atoms with Crippen LogP contribution in [0.5, 0.6) is 0 Å². The highest BCUT2D eigenvalue weighted by Gasteiger charge is 2.46. The van der Waals surface area contributed by atoms with Gasteiger partial charge >= 0.3 is 0 Å². The van der Waals surface area contributed by atoms with E-state index in [9.17, 15) is 19.8 Å². The van der Waals surface area contributed by atoms with Crippen LogP contribution in [0.25, 0.3) is 11.2 Å². The Morgan fingerprint density at radius 2 is 1.87 bits per heavy atom. The number of Topliss-reactive ketones (excluding diaryl/α,β-unsaturated/α-hetero) is 1. The number of fused-ring (bicyclic) bond motifs is 1. The molecule has 4 N–H and O–H groups in total. The Balaban J connectivity index is 1.42. The van der Waals surface area contributed by atoms with Gasteiger partial charge in [-0.25, -0.2) is 15.0 Å². The van der Waals surface area contributed by atoms with Crippen LogP contribution in [0, 0.1) is 6.92 Å². The van der Waals surface area contributed by atoms with Crippen molar-refractivity contribution in [2.24, 2.45) is 0 Å². The molecule has 196 valence electrons. The van der Waals surface area contributed by atoms with E-state index in [1.807, 2.05) is 25.1 Å². The topological polar surface area (TPSA) is 151 Å². The van der Waals surface area contributed by atoms with Crippen molar-refractivity contribution in [3.8, 4) is 0 Å². The normalized spacial score (nSPS) is 20.9. The molecule has 5 rings (SSSR count). The van der Waals surface area contributed by atoms with Gasteiger partial charge in [0.05, 0.1) is 12.9 Å². The quantitative estimate of drug-likeness (QED) is 0.258. The first kappa shape index (κ1) is 25.5. The van der Waals surface area contributed by atoms with Gasteiger partial charge in [0.15, 0.2) is 29.0 Å². The SMILES string of the molecule is CC(=O)c1cccc(C(=O)N[C@@H]2[C@H](O)[C@@H](CO)O[C@H]2n2cnc3c(NCc4cccc(C)c4)ncnc32)c1. The third-order valence-corrected chi connectivity index (χ3v) is 6.55. The van der Waals surface area contributed by atoms with Gasteiger partial charge in [0, 0.05) is 17.7 Å². The molecule has 0 radical (unpaired) electrons. The molecule has 3 heterocycles. The van der Waals surface area contributed by atoms with E-state index in [1.54, 1.807) is 22.8 Å². The van der Waals surface area contributed by atoms with Gasteiger partial charge in [0.1, 0.15) is 24.6 Å². The van der Waals surface area contributed by atoms with Gasteiger partial charge in [-0.05, 0) is 31.5 Å². The number of carbonyl (C=O) groups excluding carboxylic acids is 2. The summed E-state index contributed by atoms with van der Waals surface area (Å²) in [7, 11) is 0. The number of aromatic nitrogens is 4. The van der Waals surface area contributed by atoms with Gasteiger partial charge in [-0.15, -0.1) is 0 Å². The summed E-state index contributed by atoms with van der Waals surface area (Å²) in [4.78, 5) is 38.0. The molecule has 4 atom stereocenters. The van der Waals surface area contributed by atoms with E-state index < -0.39 is 37.0 Å². The van der Waals surface area contributed by atoms with Gasteiger partial charge in [-0.2, -0.15) is 0 Å². The van der Waals surface area contributed by atoms with Crippen LogP contribution in [0.3, 0.4) is 0 Å². The highest BCUT2D eigenvalue weighted by Crippen LogP contribution is 2.32. The second kappa shape index (κ2) is 10.7. The molecular weight excluding hydrogens is 488 g/mol. The van der Waals surface area contributed by atoms with Crippen LogP contribution in [0.2, 0.25) is 0 Å². The van der Waals surface area contributed by atoms with Gasteiger partial charge in [-0.1, -0.05) is 42.0 Å². The number of amides is 1. The molecule has 1 saturated heterocycles. The molecule has 2 aromatic heterocycles. The maximum Gasteiger partial charge on any atom is 0.251 e. The Kier molecular flexibility index (Phi) is 7.14. The lowest BCUT2D eigenvalue weighted by Gasteiger charge is -2.23. The molecule has 0 spiro atoms. The minimum atomic E-state index is -1.21. The van der Waals surface area contributed by atoms with Crippen molar-refractivity contribution in [2.75, 3.05) is 11.9 Å². The van der Waals surface area contributed by atoms with Crippen molar-refractivity contribution in [1.82, 2.24) is 24.8 Å². The highest BCUT2D eigenvalue weighted by atomic mass is 16.5. The Hall–Kier alpha value is -4.19. The summed E-state index contributed by atoms with van der Waals surface area (Å²) in [5.74, 6) is -0.142. The van der Waals surface area contributed by atoms with E-state index in [4.69, 9.17) is 4.74 Å². The Morgan fingerprint density at radius 3 is 2.63 bits per heavy atom. The van der Waals surface area contributed by atoms with Crippen LogP contribution >= 0.6 is 0 Å². The number of carbonyl (C=O) groups is 2. The summed E-state index contributed by atoms with van der Waals surface area (Å²) in [6.07, 6.45) is -0.152. The number of nitrogens with one attached hydrogen (secondary N) is 2. The van der Waals surface area contributed by atoms with Crippen molar-refractivity contribution in [3.05, 3.63) is 83.4 Å². The van der Waals surface area contributed by atoms with E-state index in [-0.39, 0.29) is 11.3 Å². The number of hydrogen-bond donors (Lipinski definition) is 4. The molecule has 11 nitrogen and oxygen atoms in total. The molecule has 38 heavy (non-hydrogen) atoms. The van der Waals surface area contributed by atoms with Crippen molar-refractivity contribution < 1.29 is 24.5 Å². The molecule has 4 aromatic rings. The summed E-state index contributed by atoms with van der Waals surface area (Å²) in [5, 5.41) is 26.8. The summed E-state index contributed by atoms with van der Waals surface area (Å²) in [5.41, 5.74) is 3.81. The minimum Gasteiger partial charge on any atom is -0.394 e. The standard InChI is InChI=1S/C27H28N6O5/c1-15-5-3-6-17(9-15)11-28-24-22-25(30-13-29-24)33(14-31-22)27-21(23(36)20(12-34)38-27)32-26(37)19-8-4-7-18(10-19)16(2)35/h3-10,13-14,20-21,23,27,34,36H,11-12H2,1-2H3,(H,32,37)(H,28,29,30)/t20-,21-,23-,27-/m1/s1. The van der Waals surface area contributed by atoms with Gasteiger partial charge in [0.25, 0.3) is 5.91 Å². The molecule has 1 aliphatic heterocycles. The molecule has 0 aliphatic carbocycles. The number of anilines is 1. The molecule has 2 aromatic carbocycles. The van der Waals surface area contributed by atoms with Gasteiger partial charge in [0.2, 0.25) is 0 Å². The third-order valence-electron chi connectivity index (χ3n) is 6.55. The summed E-state index contributed by atoms with van der Waals surface area (Å²) in [6.45, 7) is 3.53. The van der Waals surface area contributed by atoms with E-state index >= 15 is 0 Å². The van der Waals surface area contributed by atoms with E-state index in [2.05, 4.69) is 31.7 Å². The first-order valence-corrected chi connectivity index (χ1v) is 12.2. The molecule has 11 heteroatoms. The van der Waals surface area contributed by atoms with E-state index in [0.717, 1.165) is 11.1 Å². The summed E-state index contributed by atoms with van der Waals surface area (Å²) in [6, 6.07) is 13.5. The van der Waals surface area contributed by atoms with Crippen molar-refractivity contribution in [1.29, 1.82) is 0 Å². The third kappa shape index (κ3) is 4.99. The van der Waals surface area contributed by atoms with Crippen LogP contribution in [-0.2, 0) is 11.3 Å². The van der Waals surface area contributed by atoms with Crippen LogP contribution in [-0.4, -0.2) is 66.3 Å². The zero-order valence-corrected chi connectivity index (χ0v) is 20.9. The first-order valence-electron chi connectivity index (χ1n) is 12.2. The van der Waals surface area contributed by atoms with Crippen LogP contribution in [0.1, 0.15) is 45.0 Å².